The number of nitrogen functional groups attached to an aromatic ring is 1. The van der Waals surface area contributed by atoms with Gasteiger partial charge in [0.25, 0.3) is 0 Å². The molecule has 2 aliphatic heterocycles. The molecule has 5 heterocycles. The first-order valence-electron chi connectivity index (χ1n) is 9.55. The van der Waals surface area contributed by atoms with E-state index in [1.165, 1.54) is 0 Å². The van der Waals surface area contributed by atoms with Gasteiger partial charge in [0.05, 0.1) is 25.4 Å². The summed E-state index contributed by atoms with van der Waals surface area (Å²) in [6.07, 6.45) is 4.14. The van der Waals surface area contributed by atoms with E-state index in [1.807, 2.05) is 0 Å². The molecule has 0 unspecified atom stereocenters. The first-order valence-corrected chi connectivity index (χ1v) is 9.55. The molecule has 1 fully saturated rings. The zero-order valence-electron chi connectivity index (χ0n) is 15.7. The molecule has 0 bridgehead atoms. The minimum atomic E-state index is -0.0243. The highest BCUT2D eigenvalue weighted by molar-refractivity contribution is 5.86. The van der Waals surface area contributed by atoms with E-state index in [-0.39, 0.29) is 12.1 Å². The lowest BCUT2D eigenvalue weighted by atomic mass is 10.2. The maximum Gasteiger partial charge on any atom is 0.219 e. The lowest BCUT2D eigenvalue weighted by Gasteiger charge is -2.28. The summed E-state index contributed by atoms with van der Waals surface area (Å²) in [5, 5.41) is 0. The molecular formula is C18H22N8O2. The average molecular weight is 382 g/mol. The van der Waals surface area contributed by atoms with Gasteiger partial charge in [0.15, 0.2) is 22.8 Å². The minimum Gasteiger partial charge on any atom is -0.378 e. The molecule has 0 amide bonds. The average Bonchev–Trinajstić information content (AvgIpc) is 3.13. The van der Waals surface area contributed by atoms with Crippen molar-refractivity contribution in [2.24, 2.45) is 0 Å². The smallest absolute Gasteiger partial charge is 0.219 e. The van der Waals surface area contributed by atoms with Gasteiger partial charge in [0.1, 0.15) is 11.9 Å². The van der Waals surface area contributed by atoms with E-state index >= 15 is 0 Å². The highest BCUT2D eigenvalue weighted by Gasteiger charge is 2.28. The van der Waals surface area contributed by atoms with Crippen LogP contribution in [-0.4, -0.2) is 62.4 Å². The monoisotopic (exact) mass is 382 g/mol. The number of rotatable bonds is 3. The summed E-state index contributed by atoms with van der Waals surface area (Å²) in [6.45, 7) is 6.33. The predicted octanol–water partition coefficient (Wildman–Crippen LogP) is 1.18. The first-order chi connectivity index (χ1) is 13.7. The van der Waals surface area contributed by atoms with Gasteiger partial charge < -0.3 is 24.7 Å². The van der Waals surface area contributed by atoms with Gasteiger partial charge >= 0.3 is 0 Å². The summed E-state index contributed by atoms with van der Waals surface area (Å²) >= 11 is 0. The molecule has 146 valence electrons. The number of ether oxygens (including phenoxy) is 2. The van der Waals surface area contributed by atoms with Crippen LogP contribution in [0.25, 0.3) is 22.6 Å². The van der Waals surface area contributed by atoms with Crippen LogP contribution in [0.3, 0.4) is 0 Å². The Bertz CT molecular complexity index is 997. The van der Waals surface area contributed by atoms with Gasteiger partial charge in [-0.25, -0.2) is 24.9 Å². The zero-order valence-corrected chi connectivity index (χ0v) is 15.7. The van der Waals surface area contributed by atoms with Gasteiger partial charge in [-0.05, 0) is 6.42 Å². The van der Waals surface area contributed by atoms with Crippen molar-refractivity contribution in [2.45, 2.75) is 26.0 Å². The summed E-state index contributed by atoms with van der Waals surface area (Å²) < 4.78 is 13.6. The highest BCUT2D eigenvalue weighted by Crippen LogP contribution is 2.33. The van der Waals surface area contributed by atoms with E-state index in [4.69, 9.17) is 30.2 Å². The van der Waals surface area contributed by atoms with Gasteiger partial charge in [-0.15, -0.1) is 0 Å². The number of nitrogens with two attached hydrogens (primary N) is 1. The van der Waals surface area contributed by atoms with Crippen LogP contribution >= 0.6 is 0 Å². The molecule has 3 aromatic rings. The molecule has 2 aliphatic rings. The molecule has 28 heavy (non-hydrogen) atoms. The summed E-state index contributed by atoms with van der Waals surface area (Å²) in [5.41, 5.74) is 7.98. The van der Waals surface area contributed by atoms with Crippen molar-refractivity contribution in [1.29, 1.82) is 0 Å². The fourth-order valence-electron chi connectivity index (χ4n) is 3.71. The van der Waals surface area contributed by atoms with E-state index in [0.717, 1.165) is 54.4 Å². The van der Waals surface area contributed by atoms with E-state index in [0.29, 0.717) is 25.6 Å². The largest absolute Gasteiger partial charge is 0.378 e. The molecule has 2 N–H and O–H groups in total. The number of nitrogens with zero attached hydrogens (tertiary/aromatic N) is 7. The Hall–Kier alpha value is -2.85. The predicted molar refractivity (Wildman–Crippen MR) is 103 cm³/mol. The van der Waals surface area contributed by atoms with Crippen LogP contribution in [0.5, 0.6) is 0 Å². The molecule has 0 aromatic carbocycles. The van der Waals surface area contributed by atoms with Crippen LogP contribution in [0.2, 0.25) is 0 Å². The molecular weight excluding hydrogens is 360 g/mol. The molecule has 3 aromatic heterocycles. The molecule has 0 saturated carbocycles. The second-order valence-electron chi connectivity index (χ2n) is 6.86. The number of anilines is 2. The first kappa shape index (κ1) is 17.3. The van der Waals surface area contributed by atoms with Crippen molar-refractivity contribution in [1.82, 2.24) is 29.5 Å². The van der Waals surface area contributed by atoms with E-state index in [9.17, 15) is 0 Å². The second-order valence-corrected chi connectivity index (χ2v) is 6.86. The summed E-state index contributed by atoms with van der Waals surface area (Å²) in [4.78, 5) is 25.0. The van der Waals surface area contributed by atoms with Crippen molar-refractivity contribution >= 4 is 22.9 Å². The Labute approximate surface area is 161 Å². The third-order valence-electron chi connectivity index (χ3n) is 5.14. The van der Waals surface area contributed by atoms with Gasteiger partial charge in [-0.2, -0.15) is 0 Å². The summed E-state index contributed by atoms with van der Waals surface area (Å²) in [5.74, 6) is 2.52. The summed E-state index contributed by atoms with van der Waals surface area (Å²) in [6, 6.07) is 0. The normalized spacial score (nSPS) is 19.8. The number of imidazole rings is 1. The van der Waals surface area contributed by atoms with Crippen LogP contribution in [0.4, 0.5) is 11.8 Å². The molecule has 1 saturated heterocycles. The van der Waals surface area contributed by atoms with E-state index < -0.39 is 0 Å². The minimum absolute atomic E-state index is 0.0243. The maximum atomic E-state index is 5.90. The molecule has 5 rings (SSSR count). The molecule has 0 radical (unpaired) electrons. The van der Waals surface area contributed by atoms with Crippen molar-refractivity contribution < 1.29 is 9.47 Å². The quantitative estimate of drug-likeness (QED) is 0.712. The molecule has 10 nitrogen and oxygen atoms in total. The Morgan fingerprint density at radius 2 is 1.86 bits per heavy atom. The standard InChI is InChI=1S/C18H22N8O2/c1-2-12-15-22-13-16(25-3-6-27-7-4-25)23-14(11-9-20-18(19)21-10-11)24-17(13)26(15)5-8-28-12/h9-10,12H,2-8H2,1H3,(H2,19,20,21)/t12-/m0/s1. The van der Waals surface area contributed by atoms with Crippen LogP contribution in [0.1, 0.15) is 25.3 Å². The van der Waals surface area contributed by atoms with Crippen molar-refractivity contribution in [3.63, 3.8) is 0 Å². The SMILES string of the molecule is CC[C@@H]1OCCn2c1nc1c(N3CCOCC3)nc(-c3cnc(N)nc3)nc12. The van der Waals surface area contributed by atoms with Crippen molar-refractivity contribution in [3.05, 3.63) is 18.2 Å². The molecule has 1 atom stereocenters. The Balaban J connectivity index is 1.72. The number of morpholine rings is 1. The molecule has 10 heteroatoms. The van der Waals surface area contributed by atoms with E-state index in [2.05, 4.69) is 26.4 Å². The fraction of sp³-hybridized carbons (Fsp3) is 0.500. The maximum absolute atomic E-state index is 5.90. The molecule has 0 spiro atoms. The second kappa shape index (κ2) is 6.95. The van der Waals surface area contributed by atoms with Gasteiger partial charge in [-0.3, -0.25) is 0 Å². The number of fused-ring (bicyclic) bond motifs is 3. The van der Waals surface area contributed by atoms with Gasteiger partial charge in [-0.1, -0.05) is 6.92 Å². The number of hydrogen-bond donors (Lipinski definition) is 1. The third kappa shape index (κ3) is 2.85. The summed E-state index contributed by atoms with van der Waals surface area (Å²) in [7, 11) is 0. The van der Waals surface area contributed by atoms with Crippen LogP contribution in [0.15, 0.2) is 12.4 Å². The van der Waals surface area contributed by atoms with Crippen molar-refractivity contribution in [2.75, 3.05) is 43.5 Å². The van der Waals surface area contributed by atoms with Crippen molar-refractivity contribution in [3.8, 4) is 11.4 Å². The van der Waals surface area contributed by atoms with E-state index in [1.54, 1.807) is 12.4 Å². The zero-order chi connectivity index (χ0) is 19.1. The lowest BCUT2D eigenvalue weighted by Crippen LogP contribution is -2.37. The highest BCUT2D eigenvalue weighted by atomic mass is 16.5. The lowest BCUT2D eigenvalue weighted by molar-refractivity contribution is 0.0158. The fourth-order valence-corrected chi connectivity index (χ4v) is 3.71. The molecule has 0 aliphatic carbocycles. The Morgan fingerprint density at radius 1 is 1.07 bits per heavy atom. The van der Waals surface area contributed by atoms with Crippen LogP contribution < -0.4 is 10.6 Å². The Morgan fingerprint density at radius 3 is 2.61 bits per heavy atom. The van der Waals surface area contributed by atoms with Gasteiger partial charge in [0, 0.05) is 32.0 Å². The van der Waals surface area contributed by atoms with Crippen LogP contribution in [-0.2, 0) is 16.0 Å². The van der Waals surface area contributed by atoms with Gasteiger partial charge in [0.2, 0.25) is 5.95 Å². The van der Waals surface area contributed by atoms with Crippen LogP contribution in [0, 0.1) is 0 Å². The number of hydrogen-bond acceptors (Lipinski definition) is 9. The topological polar surface area (TPSA) is 117 Å². The third-order valence-corrected chi connectivity index (χ3v) is 5.14. The Kier molecular flexibility index (Phi) is 4.29. The number of aromatic nitrogens is 6.